The van der Waals surface area contributed by atoms with E-state index in [9.17, 15) is 9.90 Å². The Hall–Kier alpha value is -3.08. The lowest BCUT2D eigenvalue weighted by molar-refractivity contribution is -0.125. The molecule has 126 valence electrons. The second-order valence-corrected chi connectivity index (χ2v) is 6.71. The first kappa shape index (κ1) is 15.4. The third-order valence-corrected chi connectivity index (χ3v) is 5.02. The van der Waals surface area contributed by atoms with E-state index in [0.717, 1.165) is 16.7 Å². The zero-order valence-electron chi connectivity index (χ0n) is 13.9. The minimum absolute atomic E-state index is 0.0907. The smallest absolute Gasteiger partial charge is 0.233 e. The molecule has 0 radical (unpaired) electrons. The van der Waals surface area contributed by atoms with E-state index in [-0.39, 0.29) is 17.6 Å². The lowest BCUT2D eigenvalue weighted by atomic mass is 9.73. The molecule has 1 amide bonds. The summed E-state index contributed by atoms with van der Waals surface area (Å²) in [6, 6.07) is 15.3. The molecular formula is C20H19N3O2. The Morgan fingerprint density at radius 1 is 1.28 bits per heavy atom. The van der Waals surface area contributed by atoms with Crippen LogP contribution in [0.5, 0.6) is 5.75 Å². The molecule has 0 spiro atoms. The number of anilines is 1. The number of aromatic hydroxyl groups is 1. The molecule has 2 aromatic carbocycles. The van der Waals surface area contributed by atoms with E-state index in [1.165, 1.54) is 0 Å². The summed E-state index contributed by atoms with van der Waals surface area (Å²) < 4.78 is 0. The van der Waals surface area contributed by atoms with Gasteiger partial charge in [0.05, 0.1) is 5.41 Å². The number of hydrogen-bond acceptors (Lipinski definition) is 3. The maximum absolute atomic E-state index is 13.1. The maximum atomic E-state index is 13.1. The minimum atomic E-state index is -0.676. The summed E-state index contributed by atoms with van der Waals surface area (Å²) in [5.74, 6) is 0.435. The molecule has 2 atom stereocenters. The van der Waals surface area contributed by atoms with Gasteiger partial charge >= 0.3 is 0 Å². The monoisotopic (exact) mass is 333 g/mol. The van der Waals surface area contributed by atoms with Gasteiger partial charge in [0.1, 0.15) is 5.75 Å². The summed E-state index contributed by atoms with van der Waals surface area (Å²) >= 11 is 0. The van der Waals surface area contributed by atoms with Crippen molar-refractivity contribution in [1.82, 2.24) is 9.97 Å². The number of phenols is 1. The first-order chi connectivity index (χ1) is 12.1. The standard InChI is InChI=1S/C20H19N3O2/c1-20(18(25)23-19-21-9-10-22-19)12-14-7-8-15(24)11-16(14)17(20)13-5-3-2-4-6-13/h2-11,17,24H,12H2,1H3,(H2,21,22,23,25)/t17-,20+/m1/s1. The van der Waals surface area contributed by atoms with Crippen molar-refractivity contribution < 1.29 is 9.90 Å². The average molecular weight is 333 g/mol. The number of aromatic amines is 1. The minimum Gasteiger partial charge on any atom is -0.508 e. The summed E-state index contributed by atoms with van der Waals surface area (Å²) in [6.45, 7) is 1.97. The number of imidazole rings is 1. The van der Waals surface area contributed by atoms with Crippen LogP contribution in [0.25, 0.3) is 0 Å². The molecule has 0 aliphatic heterocycles. The quantitative estimate of drug-likeness (QED) is 0.687. The lowest BCUT2D eigenvalue weighted by Gasteiger charge is -2.30. The summed E-state index contributed by atoms with van der Waals surface area (Å²) in [5, 5.41) is 12.8. The van der Waals surface area contributed by atoms with E-state index in [1.807, 2.05) is 43.3 Å². The number of carbonyl (C=O) groups is 1. The van der Waals surface area contributed by atoms with Gasteiger partial charge in [-0.1, -0.05) is 36.4 Å². The van der Waals surface area contributed by atoms with Crippen molar-refractivity contribution in [2.45, 2.75) is 19.3 Å². The van der Waals surface area contributed by atoms with Crippen LogP contribution >= 0.6 is 0 Å². The van der Waals surface area contributed by atoms with Crippen molar-refractivity contribution in [3.63, 3.8) is 0 Å². The molecule has 5 nitrogen and oxygen atoms in total. The number of rotatable bonds is 3. The Labute approximate surface area is 145 Å². The van der Waals surface area contributed by atoms with Crippen molar-refractivity contribution in [3.8, 4) is 5.75 Å². The highest BCUT2D eigenvalue weighted by molar-refractivity contribution is 5.96. The number of nitrogens with one attached hydrogen (secondary N) is 2. The van der Waals surface area contributed by atoms with Crippen LogP contribution < -0.4 is 5.32 Å². The van der Waals surface area contributed by atoms with Crippen LogP contribution in [-0.2, 0) is 11.2 Å². The molecule has 0 saturated heterocycles. The van der Waals surface area contributed by atoms with Crippen molar-refractivity contribution in [1.29, 1.82) is 0 Å². The first-order valence-electron chi connectivity index (χ1n) is 8.25. The molecule has 1 aliphatic rings. The van der Waals surface area contributed by atoms with Crippen molar-refractivity contribution in [3.05, 3.63) is 77.6 Å². The Kier molecular flexibility index (Phi) is 3.57. The second kappa shape index (κ2) is 5.77. The zero-order chi connectivity index (χ0) is 17.4. The van der Waals surface area contributed by atoms with E-state index in [0.29, 0.717) is 12.4 Å². The van der Waals surface area contributed by atoms with E-state index in [1.54, 1.807) is 24.5 Å². The Morgan fingerprint density at radius 3 is 2.80 bits per heavy atom. The lowest BCUT2D eigenvalue weighted by Crippen LogP contribution is -2.38. The Bertz CT molecular complexity index is 906. The van der Waals surface area contributed by atoms with Gasteiger partial charge < -0.3 is 10.1 Å². The summed E-state index contributed by atoms with van der Waals surface area (Å²) in [6.07, 6.45) is 3.89. The first-order valence-corrected chi connectivity index (χ1v) is 8.25. The van der Waals surface area contributed by atoms with Gasteiger partial charge in [0.25, 0.3) is 0 Å². The molecule has 1 aliphatic carbocycles. The van der Waals surface area contributed by atoms with Gasteiger partial charge in [-0.15, -0.1) is 0 Å². The number of hydrogen-bond donors (Lipinski definition) is 3. The maximum Gasteiger partial charge on any atom is 0.233 e. The number of carbonyl (C=O) groups excluding carboxylic acids is 1. The topological polar surface area (TPSA) is 78.0 Å². The van der Waals surface area contributed by atoms with Gasteiger partial charge in [0, 0.05) is 18.3 Å². The highest BCUT2D eigenvalue weighted by Gasteiger charge is 2.49. The van der Waals surface area contributed by atoms with Crippen LogP contribution in [0.1, 0.15) is 29.5 Å². The van der Waals surface area contributed by atoms with Gasteiger partial charge in [-0.05, 0) is 42.2 Å². The van der Waals surface area contributed by atoms with E-state index in [2.05, 4.69) is 15.3 Å². The number of benzene rings is 2. The molecule has 3 N–H and O–H groups in total. The van der Waals surface area contributed by atoms with Gasteiger partial charge in [-0.2, -0.15) is 0 Å². The number of fused-ring (bicyclic) bond motifs is 1. The van der Waals surface area contributed by atoms with Crippen LogP contribution in [0.3, 0.4) is 0 Å². The van der Waals surface area contributed by atoms with Crippen LogP contribution in [0, 0.1) is 5.41 Å². The number of aromatic nitrogens is 2. The summed E-state index contributed by atoms with van der Waals surface area (Å²) in [4.78, 5) is 20.1. The van der Waals surface area contributed by atoms with Crippen LogP contribution in [0.4, 0.5) is 5.95 Å². The molecule has 0 unspecified atom stereocenters. The fraction of sp³-hybridized carbons (Fsp3) is 0.200. The fourth-order valence-corrected chi connectivity index (χ4v) is 3.84. The molecule has 0 saturated carbocycles. The van der Waals surface area contributed by atoms with Crippen molar-refractivity contribution in [2.75, 3.05) is 5.32 Å². The number of phenolic OH excluding ortho intramolecular Hbond substituents is 1. The summed E-state index contributed by atoms with van der Waals surface area (Å²) in [5.41, 5.74) is 2.47. The Balaban J connectivity index is 1.79. The van der Waals surface area contributed by atoms with E-state index >= 15 is 0 Å². The van der Waals surface area contributed by atoms with Gasteiger partial charge in [-0.25, -0.2) is 4.98 Å². The van der Waals surface area contributed by atoms with Crippen LogP contribution in [-0.4, -0.2) is 21.0 Å². The van der Waals surface area contributed by atoms with Crippen molar-refractivity contribution in [2.24, 2.45) is 5.41 Å². The van der Waals surface area contributed by atoms with Crippen LogP contribution in [0.15, 0.2) is 60.9 Å². The number of amides is 1. The van der Waals surface area contributed by atoms with E-state index < -0.39 is 5.41 Å². The molecule has 3 aromatic rings. The number of H-pyrrole nitrogens is 1. The molecule has 1 heterocycles. The number of nitrogens with zero attached hydrogens (tertiary/aromatic N) is 1. The third kappa shape index (κ3) is 2.58. The third-order valence-electron chi connectivity index (χ3n) is 5.02. The van der Waals surface area contributed by atoms with Gasteiger partial charge in [-0.3, -0.25) is 10.1 Å². The Morgan fingerprint density at radius 2 is 2.08 bits per heavy atom. The average Bonchev–Trinajstić information content (AvgIpc) is 3.21. The molecule has 4 rings (SSSR count). The predicted molar refractivity (Wildman–Crippen MR) is 95.4 cm³/mol. The predicted octanol–water partition coefficient (Wildman–Crippen LogP) is 3.45. The molecule has 5 heteroatoms. The molecule has 0 bridgehead atoms. The molecule has 0 fully saturated rings. The van der Waals surface area contributed by atoms with Crippen LogP contribution in [0.2, 0.25) is 0 Å². The highest BCUT2D eigenvalue weighted by Crippen LogP contribution is 2.51. The molecule has 25 heavy (non-hydrogen) atoms. The normalized spacial score (nSPS) is 21.7. The fourth-order valence-electron chi connectivity index (χ4n) is 3.84. The molecule has 1 aromatic heterocycles. The second-order valence-electron chi connectivity index (χ2n) is 6.71. The van der Waals surface area contributed by atoms with Gasteiger partial charge in [0.2, 0.25) is 11.9 Å². The highest BCUT2D eigenvalue weighted by atomic mass is 16.3. The van der Waals surface area contributed by atoms with E-state index in [4.69, 9.17) is 0 Å². The van der Waals surface area contributed by atoms with Crippen molar-refractivity contribution >= 4 is 11.9 Å². The SMILES string of the molecule is C[C@]1(C(=O)Nc2ncc[nH]2)Cc2ccc(O)cc2[C@H]1c1ccccc1. The molecular weight excluding hydrogens is 314 g/mol. The van der Waals surface area contributed by atoms with Gasteiger partial charge in [0.15, 0.2) is 0 Å². The zero-order valence-corrected chi connectivity index (χ0v) is 13.9. The largest absolute Gasteiger partial charge is 0.508 e. The summed E-state index contributed by atoms with van der Waals surface area (Å²) in [7, 11) is 0.